The maximum Gasteiger partial charge on any atom is 0.227 e. The Morgan fingerprint density at radius 2 is 1.93 bits per heavy atom. The van der Waals surface area contributed by atoms with Gasteiger partial charge in [-0.15, -0.1) is 0 Å². The second-order valence-corrected chi connectivity index (χ2v) is 9.88. The second-order valence-electron chi connectivity index (χ2n) is 7.62. The Morgan fingerprint density at radius 3 is 2.50 bits per heavy atom. The molecule has 1 saturated carbocycles. The highest BCUT2D eigenvalue weighted by atomic mass is 32.2. The van der Waals surface area contributed by atoms with Crippen molar-refractivity contribution >= 4 is 21.6 Å². The Hall–Kier alpha value is -2.19. The Labute approximate surface area is 166 Å². The van der Waals surface area contributed by atoms with Crippen LogP contribution in [-0.2, 0) is 14.8 Å². The molecule has 0 spiro atoms. The Morgan fingerprint density at radius 1 is 1.21 bits per heavy atom. The number of hydrogen-bond acceptors (Lipinski definition) is 5. The molecular formula is C20H27N3O4S. The van der Waals surface area contributed by atoms with Gasteiger partial charge in [-0.25, -0.2) is 18.1 Å². The maximum atomic E-state index is 12.7. The molecule has 152 valence electrons. The minimum Gasteiger partial charge on any atom is -0.445 e. The van der Waals surface area contributed by atoms with E-state index in [1.807, 2.05) is 25.1 Å². The fourth-order valence-corrected chi connectivity index (χ4v) is 4.35. The lowest BCUT2D eigenvalue weighted by molar-refractivity contribution is -0.120. The van der Waals surface area contributed by atoms with Gasteiger partial charge in [-0.3, -0.25) is 4.79 Å². The molecule has 1 aromatic heterocycles. The van der Waals surface area contributed by atoms with Gasteiger partial charge in [-0.05, 0) is 70.2 Å². The molecule has 8 heteroatoms. The fraction of sp³-hybridized carbons (Fsp3) is 0.500. The lowest BCUT2D eigenvalue weighted by Gasteiger charge is -2.29. The first kappa shape index (κ1) is 20.5. The van der Waals surface area contributed by atoms with Gasteiger partial charge in [0.1, 0.15) is 6.26 Å². The minimum absolute atomic E-state index is 0.0165. The summed E-state index contributed by atoms with van der Waals surface area (Å²) >= 11 is 0. The zero-order chi connectivity index (χ0) is 20.3. The zero-order valence-corrected chi connectivity index (χ0v) is 17.3. The van der Waals surface area contributed by atoms with E-state index in [2.05, 4.69) is 15.0 Å². The molecule has 0 saturated heterocycles. The molecule has 1 fully saturated rings. The summed E-state index contributed by atoms with van der Waals surface area (Å²) in [6.07, 6.45) is 5.81. The van der Waals surface area contributed by atoms with Gasteiger partial charge in [0, 0.05) is 23.2 Å². The molecular weight excluding hydrogens is 378 g/mol. The van der Waals surface area contributed by atoms with Crippen LogP contribution in [-0.4, -0.2) is 30.6 Å². The van der Waals surface area contributed by atoms with Crippen molar-refractivity contribution in [1.82, 2.24) is 9.71 Å². The van der Waals surface area contributed by atoms with Crippen molar-refractivity contribution in [2.24, 2.45) is 5.92 Å². The Balaban J connectivity index is 1.56. The molecule has 1 amide bonds. The summed E-state index contributed by atoms with van der Waals surface area (Å²) in [6.45, 7) is 5.26. The fourth-order valence-electron chi connectivity index (χ4n) is 3.38. The molecule has 0 aliphatic heterocycles. The van der Waals surface area contributed by atoms with Gasteiger partial charge in [-0.1, -0.05) is 0 Å². The Bertz CT molecular complexity index is 915. The first-order valence-electron chi connectivity index (χ1n) is 9.59. The average molecular weight is 406 g/mol. The van der Waals surface area contributed by atoms with Crippen molar-refractivity contribution < 1.29 is 17.6 Å². The average Bonchev–Trinajstić information content (AvgIpc) is 3.18. The molecule has 1 aromatic carbocycles. The number of carbonyl (C=O) groups excluding carboxylic acids is 1. The van der Waals surface area contributed by atoms with Crippen molar-refractivity contribution in [3.63, 3.8) is 0 Å². The van der Waals surface area contributed by atoms with Gasteiger partial charge in [0.15, 0.2) is 0 Å². The van der Waals surface area contributed by atoms with Gasteiger partial charge < -0.3 is 9.73 Å². The van der Waals surface area contributed by atoms with E-state index in [9.17, 15) is 13.2 Å². The van der Waals surface area contributed by atoms with Crippen LogP contribution >= 0.6 is 0 Å². The summed E-state index contributed by atoms with van der Waals surface area (Å²) < 4.78 is 32.1. The highest BCUT2D eigenvalue weighted by Crippen LogP contribution is 2.28. The molecule has 0 bridgehead atoms. The minimum atomic E-state index is -3.28. The summed E-state index contributed by atoms with van der Waals surface area (Å²) in [6, 6.07) is 5.57. The summed E-state index contributed by atoms with van der Waals surface area (Å²) in [5, 5.41) is 2.56. The largest absolute Gasteiger partial charge is 0.445 e. The topological polar surface area (TPSA) is 101 Å². The Kier molecular flexibility index (Phi) is 6.20. The highest BCUT2D eigenvalue weighted by molar-refractivity contribution is 7.90. The van der Waals surface area contributed by atoms with Crippen LogP contribution in [0.15, 0.2) is 35.1 Å². The third-order valence-corrected chi connectivity index (χ3v) is 7.12. The van der Waals surface area contributed by atoms with Crippen LogP contribution in [0.2, 0.25) is 0 Å². The molecule has 1 aliphatic rings. The first-order valence-corrected chi connectivity index (χ1v) is 11.1. The van der Waals surface area contributed by atoms with Gasteiger partial charge >= 0.3 is 0 Å². The molecule has 2 aromatic rings. The monoisotopic (exact) mass is 405 g/mol. The molecule has 2 N–H and O–H groups in total. The number of carbonyl (C=O) groups is 1. The number of oxazole rings is 1. The van der Waals surface area contributed by atoms with Crippen LogP contribution in [0.3, 0.4) is 0 Å². The van der Waals surface area contributed by atoms with Crippen LogP contribution < -0.4 is 10.0 Å². The van der Waals surface area contributed by atoms with Crippen LogP contribution in [0.1, 0.15) is 45.1 Å². The zero-order valence-electron chi connectivity index (χ0n) is 16.4. The van der Waals surface area contributed by atoms with Gasteiger partial charge in [0.05, 0.1) is 11.4 Å². The van der Waals surface area contributed by atoms with Crippen LogP contribution in [0.25, 0.3) is 11.5 Å². The predicted molar refractivity (Wildman–Crippen MR) is 108 cm³/mol. The van der Waals surface area contributed by atoms with E-state index in [1.54, 1.807) is 20.0 Å². The molecule has 0 atom stereocenters. The summed E-state index contributed by atoms with van der Waals surface area (Å²) in [5.41, 5.74) is 2.56. The van der Waals surface area contributed by atoms with Crippen LogP contribution in [0.4, 0.5) is 5.69 Å². The smallest absolute Gasteiger partial charge is 0.227 e. The van der Waals surface area contributed by atoms with E-state index in [4.69, 9.17) is 4.42 Å². The third kappa shape index (κ3) is 4.80. The molecule has 3 rings (SSSR count). The number of hydrogen-bond donors (Lipinski definition) is 2. The number of sulfonamides is 1. The predicted octanol–water partition coefficient (Wildman–Crippen LogP) is 3.48. The van der Waals surface area contributed by atoms with Crippen molar-refractivity contribution in [2.45, 2.75) is 57.7 Å². The normalized spacial score (nSPS) is 20.3. The van der Waals surface area contributed by atoms with Crippen molar-refractivity contribution in [3.05, 3.63) is 36.2 Å². The maximum absolute atomic E-state index is 12.7. The third-order valence-electron chi connectivity index (χ3n) is 5.21. The number of nitrogens with zero attached hydrogens (tertiary/aromatic N) is 1. The first-order chi connectivity index (χ1) is 13.3. The summed E-state index contributed by atoms with van der Waals surface area (Å²) in [5.74, 6) is 0.422. The highest BCUT2D eigenvalue weighted by Gasteiger charge is 2.29. The van der Waals surface area contributed by atoms with E-state index >= 15 is 0 Å². The lowest BCUT2D eigenvalue weighted by Crippen LogP contribution is -2.42. The van der Waals surface area contributed by atoms with Gasteiger partial charge in [0.25, 0.3) is 0 Å². The van der Waals surface area contributed by atoms with E-state index in [1.165, 1.54) is 6.26 Å². The summed E-state index contributed by atoms with van der Waals surface area (Å²) in [4.78, 5) is 16.8. The lowest BCUT2D eigenvalue weighted by atomic mass is 9.86. The van der Waals surface area contributed by atoms with Crippen molar-refractivity contribution in [1.29, 1.82) is 0 Å². The molecule has 1 heterocycles. The number of anilines is 1. The number of aryl methyl sites for hydroxylation is 1. The molecule has 1 aliphatic carbocycles. The SMILES string of the molecule is Cc1cc(-c2ncco2)ccc1NC(=O)C1CCC(NS(=O)(=O)C(C)C)CC1. The van der Waals surface area contributed by atoms with Crippen LogP contribution in [0, 0.1) is 12.8 Å². The number of nitrogens with one attached hydrogen (secondary N) is 2. The van der Waals surface area contributed by atoms with E-state index in [-0.39, 0.29) is 17.9 Å². The molecule has 0 unspecified atom stereocenters. The van der Waals surface area contributed by atoms with E-state index < -0.39 is 15.3 Å². The number of aromatic nitrogens is 1. The quantitative estimate of drug-likeness (QED) is 0.766. The van der Waals surface area contributed by atoms with E-state index in [0.717, 1.165) is 16.8 Å². The second kappa shape index (κ2) is 8.45. The van der Waals surface area contributed by atoms with Gasteiger partial charge in [-0.2, -0.15) is 0 Å². The number of amides is 1. The van der Waals surface area contributed by atoms with Crippen molar-refractivity contribution in [2.75, 3.05) is 5.32 Å². The number of rotatable bonds is 6. The molecule has 0 radical (unpaired) electrons. The van der Waals surface area contributed by atoms with E-state index in [0.29, 0.717) is 31.6 Å². The molecule has 7 nitrogen and oxygen atoms in total. The van der Waals surface area contributed by atoms with Crippen LogP contribution in [0.5, 0.6) is 0 Å². The van der Waals surface area contributed by atoms with Gasteiger partial charge in [0.2, 0.25) is 21.8 Å². The standard InChI is InChI=1S/C20H27N3O4S/c1-13(2)28(25,26)23-17-7-4-15(5-8-17)19(24)22-18-9-6-16(12-14(18)3)20-21-10-11-27-20/h6,9-13,15,17,23H,4-5,7-8H2,1-3H3,(H,22,24). The summed E-state index contributed by atoms with van der Waals surface area (Å²) in [7, 11) is -3.28. The van der Waals surface area contributed by atoms with Crippen molar-refractivity contribution in [3.8, 4) is 11.5 Å². The molecule has 28 heavy (non-hydrogen) atoms. The number of benzene rings is 1.